The first-order valence-corrected chi connectivity index (χ1v) is 8.25. The second kappa shape index (κ2) is 9.89. The number of nitrogens with one attached hydrogen (secondary N) is 1. The van der Waals surface area contributed by atoms with Crippen molar-refractivity contribution in [3.63, 3.8) is 0 Å². The molecule has 0 radical (unpaired) electrons. The van der Waals surface area contributed by atoms with Gasteiger partial charge >= 0.3 is 0 Å². The second-order valence-electron chi connectivity index (χ2n) is 5.08. The summed E-state index contributed by atoms with van der Waals surface area (Å²) in [6, 6.07) is 6.38. The molecule has 2 rings (SSSR count). The van der Waals surface area contributed by atoms with E-state index in [1.54, 1.807) is 11.3 Å². The quantitative estimate of drug-likeness (QED) is 0.432. The molecule has 0 unspecified atom stereocenters. The Morgan fingerprint density at radius 1 is 1.41 bits per heavy atom. The molecule has 0 aliphatic carbocycles. The summed E-state index contributed by atoms with van der Waals surface area (Å²) < 4.78 is 2.14. The number of aromatic nitrogens is 1. The Kier molecular flexibility index (Phi) is 8.55. The van der Waals surface area contributed by atoms with Crippen molar-refractivity contribution in [3.05, 3.63) is 46.4 Å². The monoisotopic (exact) mass is 432 g/mol. The zero-order valence-electron chi connectivity index (χ0n) is 13.5. The predicted octanol–water partition coefficient (Wildman–Crippen LogP) is 3.34. The van der Waals surface area contributed by atoms with E-state index in [4.69, 9.17) is 4.99 Å². The van der Waals surface area contributed by atoms with Crippen LogP contribution in [-0.2, 0) is 20.0 Å². The summed E-state index contributed by atoms with van der Waals surface area (Å²) in [5.41, 5.74) is 2.64. The summed E-state index contributed by atoms with van der Waals surface area (Å²) in [5.74, 6) is 0.967. The molecule has 2 aromatic heterocycles. The molecule has 0 aliphatic rings. The molecule has 122 valence electrons. The minimum atomic E-state index is 0. The Morgan fingerprint density at radius 2 is 2.23 bits per heavy atom. The molecule has 0 saturated heterocycles. The zero-order chi connectivity index (χ0) is 15.1. The Hall–Kier alpha value is -1.02. The first-order valence-electron chi connectivity index (χ1n) is 7.31. The third kappa shape index (κ3) is 5.64. The fourth-order valence-corrected chi connectivity index (χ4v) is 2.88. The maximum atomic E-state index is 4.73. The number of thiophene rings is 1. The Morgan fingerprint density at radius 3 is 2.82 bits per heavy atom. The maximum Gasteiger partial charge on any atom is 0.194 e. The number of halogens is 1. The van der Waals surface area contributed by atoms with Gasteiger partial charge in [-0.15, -0.1) is 24.0 Å². The van der Waals surface area contributed by atoms with Gasteiger partial charge in [-0.1, -0.05) is 0 Å². The first-order chi connectivity index (χ1) is 10.2. The average Bonchev–Trinajstić information content (AvgIpc) is 3.10. The molecule has 0 saturated carbocycles. The molecular weight excluding hydrogens is 407 g/mol. The normalized spacial score (nSPS) is 11.1. The molecule has 0 bridgehead atoms. The van der Waals surface area contributed by atoms with Crippen LogP contribution in [0.2, 0.25) is 0 Å². The molecule has 0 amide bonds. The molecule has 6 heteroatoms. The van der Waals surface area contributed by atoms with Crippen molar-refractivity contribution in [2.24, 2.45) is 12.0 Å². The van der Waals surface area contributed by atoms with Crippen molar-refractivity contribution >= 4 is 41.3 Å². The number of rotatable bonds is 6. The van der Waals surface area contributed by atoms with Crippen molar-refractivity contribution in [2.45, 2.75) is 19.9 Å². The van der Waals surface area contributed by atoms with Crippen LogP contribution in [-0.4, -0.2) is 35.6 Å². The topological polar surface area (TPSA) is 32.6 Å². The molecule has 0 fully saturated rings. The average molecular weight is 432 g/mol. The first kappa shape index (κ1) is 19.0. The van der Waals surface area contributed by atoms with Crippen LogP contribution >= 0.6 is 35.3 Å². The van der Waals surface area contributed by atoms with Crippen molar-refractivity contribution in [1.29, 1.82) is 0 Å². The summed E-state index contributed by atoms with van der Waals surface area (Å²) in [6.45, 7) is 4.66. The lowest BCUT2D eigenvalue weighted by molar-refractivity contribution is 0.462. The summed E-state index contributed by atoms with van der Waals surface area (Å²) in [5, 5.41) is 7.67. The fourth-order valence-electron chi connectivity index (χ4n) is 2.17. The van der Waals surface area contributed by atoms with Crippen molar-refractivity contribution in [1.82, 2.24) is 14.8 Å². The highest BCUT2D eigenvalue weighted by molar-refractivity contribution is 14.0. The van der Waals surface area contributed by atoms with E-state index in [1.807, 2.05) is 0 Å². The van der Waals surface area contributed by atoms with E-state index in [2.05, 4.69) is 71.0 Å². The van der Waals surface area contributed by atoms with Crippen LogP contribution in [0.15, 0.2) is 40.1 Å². The highest BCUT2D eigenvalue weighted by Gasteiger charge is 2.08. The number of hydrogen-bond donors (Lipinski definition) is 1. The van der Waals surface area contributed by atoms with Gasteiger partial charge in [-0.05, 0) is 47.9 Å². The summed E-state index contributed by atoms with van der Waals surface area (Å²) in [6.07, 6.45) is 3.07. The minimum Gasteiger partial charge on any atom is -0.357 e. The zero-order valence-corrected chi connectivity index (χ0v) is 16.6. The lowest BCUT2D eigenvalue weighted by atomic mass is 10.2. The van der Waals surface area contributed by atoms with Gasteiger partial charge in [0.15, 0.2) is 5.96 Å². The van der Waals surface area contributed by atoms with Gasteiger partial charge in [-0.3, -0.25) is 4.99 Å². The van der Waals surface area contributed by atoms with E-state index >= 15 is 0 Å². The van der Waals surface area contributed by atoms with Gasteiger partial charge in [0.05, 0.1) is 6.54 Å². The summed E-state index contributed by atoms with van der Waals surface area (Å²) in [4.78, 5) is 6.90. The van der Waals surface area contributed by atoms with E-state index in [1.165, 1.54) is 11.3 Å². The van der Waals surface area contributed by atoms with Crippen LogP contribution in [0.3, 0.4) is 0 Å². The van der Waals surface area contributed by atoms with E-state index in [-0.39, 0.29) is 24.0 Å². The predicted molar refractivity (Wildman–Crippen MR) is 106 cm³/mol. The number of nitrogens with zero attached hydrogens (tertiary/aromatic N) is 3. The number of aryl methyl sites for hydroxylation is 1. The van der Waals surface area contributed by atoms with Crippen LogP contribution in [0.1, 0.15) is 18.2 Å². The molecule has 22 heavy (non-hydrogen) atoms. The van der Waals surface area contributed by atoms with E-state index in [9.17, 15) is 0 Å². The van der Waals surface area contributed by atoms with Crippen molar-refractivity contribution < 1.29 is 0 Å². The largest absolute Gasteiger partial charge is 0.357 e. The van der Waals surface area contributed by atoms with Gasteiger partial charge in [0.1, 0.15) is 0 Å². The van der Waals surface area contributed by atoms with Crippen molar-refractivity contribution in [2.75, 3.05) is 20.1 Å². The fraction of sp³-hybridized carbons (Fsp3) is 0.438. The molecule has 0 spiro atoms. The third-order valence-electron chi connectivity index (χ3n) is 3.39. The molecule has 0 aliphatic heterocycles. The Labute approximate surface area is 154 Å². The van der Waals surface area contributed by atoms with Crippen LogP contribution in [0.5, 0.6) is 0 Å². The highest BCUT2D eigenvalue weighted by Crippen LogP contribution is 2.07. The van der Waals surface area contributed by atoms with Gasteiger partial charge in [0.25, 0.3) is 0 Å². The summed E-state index contributed by atoms with van der Waals surface area (Å²) >= 11 is 1.74. The van der Waals surface area contributed by atoms with E-state index < -0.39 is 0 Å². The highest BCUT2D eigenvalue weighted by atomic mass is 127. The minimum absolute atomic E-state index is 0. The van der Waals surface area contributed by atoms with Gasteiger partial charge in [0.2, 0.25) is 0 Å². The molecule has 2 heterocycles. The van der Waals surface area contributed by atoms with Gasteiger partial charge in [-0.2, -0.15) is 11.3 Å². The maximum absolute atomic E-state index is 4.73. The van der Waals surface area contributed by atoms with Crippen molar-refractivity contribution in [3.8, 4) is 0 Å². The van der Waals surface area contributed by atoms with Crippen LogP contribution < -0.4 is 5.32 Å². The SMILES string of the molecule is CCNC(=NCCc1ccsc1)N(C)Cc1cccn1C.I. The number of guanidine groups is 1. The standard InChI is InChI=1S/C16H24N4S.HI/c1-4-17-16(18-9-7-14-8-11-21-13-14)20(3)12-15-6-5-10-19(15)2;/h5-6,8,10-11,13H,4,7,9,12H2,1-3H3,(H,17,18);1H. The smallest absolute Gasteiger partial charge is 0.194 e. The molecule has 1 N–H and O–H groups in total. The third-order valence-corrected chi connectivity index (χ3v) is 4.12. The van der Waals surface area contributed by atoms with Crippen LogP contribution in [0.4, 0.5) is 0 Å². The molecular formula is C16H25IN4S. The molecule has 4 nitrogen and oxygen atoms in total. The molecule has 0 aromatic carbocycles. The van der Waals surface area contributed by atoms with Gasteiger partial charge in [0, 0.05) is 39.1 Å². The summed E-state index contributed by atoms with van der Waals surface area (Å²) in [7, 11) is 4.16. The Bertz CT molecular complexity index is 562. The Balaban J connectivity index is 0.00000242. The van der Waals surface area contributed by atoms with E-state index in [0.717, 1.165) is 32.0 Å². The lowest BCUT2D eigenvalue weighted by Gasteiger charge is -2.22. The van der Waals surface area contributed by atoms with Crippen LogP contribution in [0, 0.1) is 0 Å². The van der Waals surface area contributed by atoms with Crippen LogP contribution in [0.25, 0.3) is 0 Å². The number of aliphatic imine (C=N–C) groups is 1. The van der Waals surface area contributed by atoms with Gasteiger partial charge < -0.3 is 14.8 Å². The van der Waals surface area contributed by atoms with E-state index in [0.29, 0.717) is 0 Å². The second-order valence-corrected chi connectivity index (χ2v) is 5.86. The number of hydrogen-bond acceptors (Lipinski definition) is 2. The molecule has 0 atom stereocenters. The van der Waals surface area contributed by atoms with Gasteiger partial charge in [-0.25, -0.2) is 0 Å². The lowest BCUT2D eigenvalue weighted by Crippen LogP contribution is -2.39. The molecule has 2 aromatic rings.